The number of likely N-dealkylation sites (tertiary alicyclic amines) is 1. The molecule has 1 amide bonds. The lowest BCUT2D eigenvalue weighted by molar-refractivity contribution is -0.137. The van der Waals surface area contributed by atoms with E-state index in [0.29, 0.717) is 29.4 Å². The fraction of sp³-hybridized carbons (Fsp3) is 0.481. The summed E-state index contributed by atoms with van der Waals surface area (Å²) in [4.78, 5) is 24.9. The summed E-state index contributed by atoms with van der Waals surface area (Å²) in [5.74, 6) is -1.06. The molecule has 188 valence electrons. The predicted molar refractivity (Wildman–Crippen MR) is 125 cm³/mol. The molecule has 3 aliphatic rings. The molecule has 1 unspecified atom stereocenters. The second kappa shape index (κ2) is 10.4. The van der Waals surface area contributed by atoms with Gasteiger partial charge in [0.1, 0.15) is 0 Å². The Morgan fingerprint density at radius 1 is 1.03 bits per heavy atom. The Morgan fingerprint density at radius 2 is 1.71 bits per heavy atom. The van der Waals surface area contributed by atoms with Gasteiger partial charge < -0.3 is 14.7 Å². The van der Waals surface area contributed by atoms with Crippen LogP contribution in [0.1, 0.15) is 60.9 Å². The largest absolute Gasteiger partial charge is 0.478 e. The molecule has 2 heterocycles. The van der Waals surface area contributed by atoms with Gasteiger partial charge in [-0.05, 0) is 67.2 Å². The van der Waals surface area contributed by atoms with Gasteiger partial charge in [-0.2, -0.15) is 13.2 Å². The Balaban J connectivity index is 0.000000167. The number of amides is 1. The minimum atomic E-state index is -4.60. The van der Waals surface area contributed by atoms with Crippen LogP contribution in [0.4, 0.5) is 13.2 Å². The van der Waals surface area contributed by atoms with Crippen molar-refractivity contribution in [2.24, 2.45) is 5.41 Å². The summed E-state index contributed by atoms with van der Waals surface area (Å²) in [5.41, 5.74) is -0.295. The van der Waals surface area contributed by atoms with Crippen LogP contribution in [0.15, 0.2) is 48.5 Å². The quantitative estimate of drug-likeness (QED) is 0.570. The lowest BCUT2D eigenvalue weighted by atomic mass is 9.93. The number of benzene rings is 2. The molecule has 5 nitrogen and oxygen atoms in total. The third-order valence-electron chi connectivity index (χ3n) is 7.22. The van der Waals surface area contributed by atoms with Gasteiger partial charge in [-0.15, -0.1) is 0 Å². The highest BCUT2D eigenvalue weighted by Crippen LogP contribution is 2.53. The van der Waals surface area contributed by atoms with Gasteiger partial charge in [-0.3, -0.25) is 4.79 Å². The molecule has 5 rings (SSSR count). The first-order valence-corrected chi connectivity index (χ1v) is 12.1. The van der Waals surface area contributed by atoms with Crippen molar-refractivity contribution < 1.29 is 32.6 Å². The molecular weight excluding hydrogens is 459 g/mol. The van der Waals surface area contributed by atoms with E-state index in [1.807, 2.05) is 0 Å². The highest BCUT2D eigenvalue weighted by molar-refractivity contribution is 5.89. The van der Waals surface area contributed by atoms with Gasteiger partial charge in [-0.25, -0.2) is 4.79 Å². The maximum Gasteiger partial charge on any atom is 0.417 e. The molecule has 1 N–H and O–H groups in total. The number of hydrogen-bond donors (Lipinski definition) is 1. The molecule has 0 radical (unpaired) electrons. The molecule has 2 aliphatic heterocycles. The zero-order valence-electron chi connectivity index (χ0n) is 19.5. The summed E-state index contributed by atoms with van der Waals surface area (Å²) in [5, 5.41) is 8.77. The van der Waals surface area contributed by atoms with Gasteiger partial charge in [0, 0.05) is 19.7 Å². The summed E-state index contributed by atoms with van der Waals surface area (Å²) in [7, 11) is 0. The molecular formula is C27H30F3NO4. The van der Waals surface area contributed by atoms with Crippen molar-refractivity contribution in [3.63, 3.8) is 0 Å². The van der Waals surface area contributed by atoms with E-state index < -0.39 is 17.7 Å². The average Bonchev–Trinajstić information content (AvgIpc) is 3.39. The van der Waals surface area contributed by atoms with Crippen molar-refractivity contribution in [1.29, 1.82) is 0 Å². The number of halogens is 3. The van der Waals surface area contributed by atoms with Crippen LogP contribution in [0.5, 0.6) is 0 Å². The first-order valence-electron chi connectivity index (χ1n) is 12.1. The highest BCUT2D eigenvalue weighted by atomic mass is 19.4. The highest BCUT2D eigenvalue weighted by Gasteiger charge is 2.45. The molecule has 0 bridgehead atoms. The number of rotatable bonds is 4. The minimum Gasteiger partial charge on any atom is -0.478 e. The Bertz CT molecular complexity index is 1030. The van der Waals surface area contributed by atoms with Gasteiger partial charge >= 0.3 is 12.1 Å². The van der Waals surface area contributed by atoms with Crippen LogP contribution in [0.3, 0.4) is 0 Å². The third kappa shape index (κ3) is 6.42. The number of carbonyl (C=O) groups is 2. The number of hydrogen-bond acceptors (Lipinski definition) is 3. The van der Waals surface area contributed by atoms with E-state index in [4.69, 9.17) is 9.84 Å². The molecule has 3 fully saturated rings. The number of alkyl halides is 3. The molecule has 2 aromatic carbocycles. The second-order valence-corrected chi connectivity index (χ2v) is 9.65. The van der Waals surface area contributed by atoms with E-state index in [1.54, 1.807) is 30.3 Å². The number of aromatic carboxylic acids is 1. The maximum atomic E-state index is 13.0. The fourth-order valence-electron chi connectivity index (χ4n) is 4.82. The van der Waals surface area contributed by atoms with Crippen LogP contribution >= 0.6 is 0 Å². The minimum absolute atomic E-state index is 0.0295. The number of nitrogens with zero attached hydrogens (tertiary/aromatic N) is 1. The molecule has 1 spiro atoms. The number of carboxylic acid groups (broad SMARTS) is 1. The molecule has 1 atom stereocenters. The molecule has 2 saturated heterocycles. The lowest BCUT2D eigenvalue weighted by Gasteiger charge is -2.32. The van der Waals surface area contributed by atoms with Crippen molar-refractivity contribution in [2.75, 3.05) is 19.7 Å². The van der Waals surface area contributed by atoms with Crippen molar-refractivity contribution in [1.82, 2.24) is 4.90 Å². The SMILES string of the molecule is O=C(CC1CCCO1)N1CCC2(CC1)CC2.O=C(O)c1ccc(-c2ccccc2)c(C(F)(F)F)c1. The van der Waals surface area contributed by atoms with Crippen LogP contribution in [-0.2, 0) is 15.7 Å². The normalized spacial score (nSPS) is 20.8. The molecule has 1 aliphatic carbocycles. The summed E-state index contributed by atoms with van der Waals surface area (Å²) >= 11 is 0. The first-order chi connectivity index (χ1) is 16.7. The van der Waals surface area contributed by atoms with Crippen molar-refractivity contribution in [3.8, 4) is 11.1 Å². The fourth-order valence-corrected chi connectivity index (χ4v) is 4.82. The summed E-state index contributed by atoms with van der Waals surface area (Å²) in [6, 6.07) is 11.0. The van der Waals surface area contributed by atoms with Crippen LogP contribution < -0.4 is 0 Å². The third-order valence-corrected chi connectivity index (χ3v) is 7.22. The topological polar surface area (TPSA) is 66.8 Å². The van der Waals surface area contributed by atoms with E-state index in [-0.39, 0.29) is 17.2 Å². The van der Waals surface area contributed by atoms with Gasteiger partial charge in [-0.1, -0.05) is 36.4 Å². The van der Waals surface area contributed by atoms with Gasteiger partial charge in [0.15, 0.2) is 0 Å². The zero-order chi connectivity index (χ0) is 25.1. The summed E-state index contributed by atoms with van der Waals surface area (Å²) in [6.07, 6.45) is 3.72. The van der Waals surface area contributed by atoms with Crippen LogP contribution in [-0.4, -0.2) is 47.7 Å². The number of carboxylic acids is 1. The Labute approximate surface area is 202 Å². The Kier molecular flexibility index (Phi) is 7.50. The van der Waals surface area contributed by atoms with Crippen LogP contribution in [0, 0.1) is 5.41 Å². The maximum absolute atomic E-state index is 13.0. The smallest absolute Gasteiger partial charge is 0.417 e. The van der Waals surface area contributed by atoms with Crippen molar-refractivity contribution in [3.05, 3.63) is 59.7 Å². The summed E-state index contributed by atoms with van der Waals surface area (Å²) < 4.78 is 44.5. The van der Waals surface area contributed by atoms with Gasteiger partial charge in [0.25, 0.3) is 0 Å². The standard InChI is InChI=1S/C14H9F3O2.C13H21NO2/c15-14(16,17)12-8-10(13(18)19)6-7-11(12)9-4-2-1-3-5-9;15-12(10-11-2-1-9-16-11)14-7-5-13(3-4-13)6-8-14/h1-8H,(H,18,19);11H,1-10H2. The summed E-state index contributed by atoms with van der Waals surface area (Å²) in [6.45, 7) is 2.83. The zero-order valence-corrected chi connectivity index (χ0v) is 19.5. The van der Waals surface area contributed by atoms with E-state index >= 15 is 0 Å². The van der Waals surface area contributed by atoms with E-state index in [0.717, 1.165) is 32.5 Å². The molecule has 2 aromatic rings. The molecule has 0 aromatic heterocycles. The number of ether oxygens (including phenoxy) is 1. The van der Waals surface area contributed by atoms with E-state index in [2.05, 4.69) is 4.90 Å². The first kappa shape index (κ1) is 25.2. The van der Waals surface area contributed by atoms with Crippen LogP contribution in [0.25, 0.3) is 11.1 Å². The molecule has 35 heavy (non-hydrogen) atoms. The Hall–Kier alpha value is -2.87. The molecule has 1 saturated carbocycles. The number of piperidine rings is 1. The monoisotopic (exact) mass is 489 g/mol. The second-order valence-electron chi connectivity index (χ2n) is 9.65. The van der Waals surface area contributed by atoms with Crippen molar-refractivity contribution in [2.45, 2.75) is 57.2 Å². The Morgan fingerprint density at radius 3 is 2.26 bits per heavy atom. The predicted octanol–water partition coefficient (Wildman–Crippen LogP) is 6.03. The van der Waals surface area contributed by atoms with Gasteiger partial charge in [0.2, 0.25) is 5.91 Å². The van der Waals surface area contributed by atoms with Crippen LogP contribution in [0.2, 0.25) is 0 Å². The van der Waals surface area contributed by atoms with Gasteiger partial charge in [0.05, 0.1) is 23.7 Å². The number of carbonyl (C=O) groups excluding carboxylic acids is 1. The molecule has 8 heteroatoms. The van der Waals surface area contributed by atoms with E-state index in [1.165, 1.54) is 37.8 Å². The van der Waals surface area contributed by atoms with E-state index in [9.17, 15) is 22.8 Å². The average molecular weight is 490 g/mol. The lowest BCUT2D eigenvalue weighted by Crippen LogP contribution is -2.40. The van der Waals surface area contributed by atoms with Crippen molar-refractivity contribution >= 4 is 11.9 Å².